The van der Waals surface area contributed by atoms with Crippen molar-refractivity contribution in [3.8, 4) is 5.69 Å². The van der Waals surface area contributed by atoms with Crippen LogP contribution in [0.25, 0.3) is 11.8 Å². The molecule has 82 valence electrons. The Hall–Kier alpha value is -1.54. The lowest BCUT2D eigenvalue weighted by Crippen LogP contribution is -1.92. The monoisotopic (exact) mass is 232 g/mol. The van der Waals surface area contributed by atoms with Crippen LogP contribution in [-0.2, 0) is 0 Å². The summed E-state index contributed by atoms with van der Waals surface area (Å²) < 4.78 is 1.85. The number of benzene rings is 1. The van der Waals surface area contributed by atoms with Gasteiger partial charge in [0.15, 0.2) is 0 Å². The summed E-state index contributed by atoms with van der Waals surface area (Å²) in [5, 5.41) is 4.30. The number of alkyl halides is 1. The molecular formula is C13H13ClN2. The molecular weight excluding hydrogens is 220 g/mol. The van der Waals surface area contributed by atoms with Crippen LogP contribution in [0.15, 0.2) is 48.3 Å². The van der Waals surface area contributed by atoms with Crippen molar-refractivity contribution >= 4 is 17.7 Å². The van der Waals surface area contributed by atoms with E-state index in [1.54, 1.807) is 0 Å². The maximum Gasteiger partial charge on any atom is 0.0645 e. The third-order valence-electron chi connectivity index (χ3n) is 2.25. The number of hydrogen-bond acceptors (Lipinski definition) is 1. The predicted octanol–water partition coefficient (Wildman–Crippen LogP) is 3.51. The Morgan fingerprint density at radius 2 is 2.12 bits per heavy atom. The van der Waals surface area contributed by atoms with Crippen LogP contribution in [0.3, 0.4) is 0 Å². The summed E-state index contributed by atoms with van der Waals surface area (Å²) in [4.78, 5) is 0. The van der Waals surface area contributed by atoms with Crippen LogP contribution in [0.5, 0.6) is 0 Å². The van der Waals surface area contributed by atoms with Gasteiger partial charge in [0.2, 0.25) is 0 Å². The first-order valence-electron chi connectivity index (χ1n) is 5.13. The smallest absolute Gasteiger partial charge is 0.0645 e. The fraction of sp³-hybridized carbons (Fsp3) is 0.154. The van der Waals surface area contributed by atoms with Gasteiger partial charge in [-0.15, -0.1) is 11.6 Å². The second-order valence-electron chi connectivity index (χ2n) is 3.68. The molecule has 1 heterocycles. The molecule has 0 radical (unpaired) electrons. The Morgan fingerprint density at radius 1 is 1.38 bits per heavy atom. The van der Waals surface area contributed by atoms with Gasteiger partial charge in [-0.2, -0.15) is 5.10 Å². The Labute approximate surface area is 100 Å². The summed E-state index contributed by atoms with van der Waals surface area (Å²) in [6.07, 6.45) is 5.87. The van der Waals surface area contributed by atoms with Gasteiger partial charge in [-0.05, 0) is 19.1 Å². The number of nitrogens with zero attached hydrogens (tertiary/aromatic N) is 2. The summed E-state index contributed by atoms with van der Waals surface area (Å²) in [6.45, 7) is 2.01. The molecule has 0 fully saturated rings. The van der Waals surface area contributed by atoms with E-state index in [0.29, 0.717) is 5.88 Å². The van der Waals surface area contributed by atoms with Crippen LogP contribution in [0.1, 0.15) is 12.5 Å². The van der Waals surface area contributed by atoms with Gasteiger partial charge in [0.1, 0.15) is 0 Å². The summed E-state index contributed by atoms with van der Waals surface area (Å²) in [7, 11) is 0. The summed E-state index contributed by atoms with van der Waals surface area (Å²) in [5.74, 6) is 0.552. The molecule has 0 amide bonds. The van der Waals surface area contributed by atoms with Crippen molar-refractivity contribution in [3.63, 3.8) is 0 Å². The van der Waals surface area contributed by atoms with Crippen LogP contribution in [-0.4, -0.2) is 15.7 Å². The van der Waals surface area contributed by atoms with Crippen LogP contribution in [0.2, 0.25) is 0 Å². The van der Waals surface area contributed by atoms with Crippen molar-refractivity contribution in [2.24, 2.45) is 0 Å². The summed E-state index contributed by atoms with van der Waals surface area (Å²) >= 11 is 5.73. The molecule has 2 rings (SSSR count). The van der Waals surface area contributed by atoms with Crippen molar-refractivity contribution in [3.05, 3.63) is 53.9 Å². The summed E-state index contributed by atoms with van der Waals surface area (Å²) in [5.41, 5.74) is 3.27. The molecule has 0 aliphatic rings. The molecule has 3 heteroatoms. The zero-order valence-corrected chi connectivity index (χ0v) is 9.85. The van der Waals surface area contributed by atoms with Crippen molar-refractivity contribution in [1.29, 1.82) is 0 Å². The lowest BCUT2D eigenvalue weighted by Gasteiger charge is -1.98. The highest BCUT2D eigenvalue weighted by Crippen LogP contribution is 2.11. The highest BCUT2D eigenvalue weighted by atomic mass is 35.5. The van der Waals surface area contributed by atoms with Crippen molar-refractivity contribution in [2.45, 2.75) is 6.92 Å². The van der Waals surface area contributed by atoms with Gasteiger partial charge in [0, 0.05) is 17.6 Å². The van der Waals surface area contributed by atoms with E-state index in [-0.39, 0.29) is 0 Å². The number of rotatable bonds is 3. The first kappa shape index (κ1) is 11.0. The highest BCUT2D eigenvalue weighted by Gasteiger charge is 1.98. The maximum absolute atomic E-state index is 5.73. The molecule has 1 aromatic carbocycles. The molecule has 0 atom stereocenters. The number of halogens is 1. The first-order chi connectivity index (χ1) is 7.79. The molecule has 16 heavy (non-hydrogen) atoms. The molecule has 0 spiro atoms. The zero-order valence-electron chi connectivity index (χ0n) is 9.10. The molecule has 0 saturated heterocycles. The van der Waals surface area contributed by atoms with E-state index >= 15 is 0 Å². The van der Waals surface area contributed by atoms with Gasteiger partial charge >= 0.3 is 0 Å². The Morgan fingerprint density at radius 3 is 2.81 bits per heavy atom. The SMILES string of the molecule is CC(=Cc1cnn(-c2ccccc2)c1)CCl. The normalized spacial score (nSPS) is 11.8. The Balaban J connectivity index is 2.27. The van der Waals surface area contributed by atoms with Crippen LogP contribution in [0.4, 0.5) is 0 Å². The Kier molecular flexibility index (Phi) is 3.42. The molecule has 0 saturated carbocycles. The fourth-order valence-electron chi connectivity index (χ4n) is 1.46. The molecule has 1 aromatic heterocycles. The van der Waals surface area contributed by atoms with Gasteiger partial charge in [0.25, 0.3) is 0 Å². The quantitative estimate of drug-likeness (QED) is 0.741. The standard InChI is InChI=1S/C13H13ClN2/c1-11(8-14)7-12-9-15-16(10-12)13-5-3-2-4-6-13/h2-7,9-10H,8H2,1H3. The highest BCUT2D eigenvalue weighted by molar-refractivity contribution is 6.19. The van der Waals surface area contributed by atoms with Crippen molar-refractivity contribution in [2.75, 3.05) is 5.88 Å². The topological polar surface area (TPSA) is 17.8 Å². The maximum atomic E-state index is 5.73. The van der Waals surface area contributed by atoms with Gasteiger partial charge in [-0.25, -0.2) is 4.68 Å². The predicted molar refractivity (Wildman–Crippen MR) is 67.9 cm³/mol. The summed E-state index contributed by atoms with van der Waals surface area (Å²) in [6, 6.07) is 10.0. The minimum atomic E-state index is 0.552. The number of aromatic nitrogens is 2. The fourth-order valence-corrected chi connectivity index (χ4v) is 1.53. The lowest BCUT2D eigenvalue weighted by molar-refractivity contribution is 0.880. The van der Waals surface area contributed by atoms with E-state index < -0.39 is 0 Å². The second-order valence-corrected chi connectivity index (χ2v) is 3.95. The van der Waals surface area contributed by atoms with E-state index in [2.05, 4.69) is 5.10 Å². The molecule has 0 aliphatic carbocycles. The number of para-hydroxylation sites is 1. The van der Waals surface area contributed by atoms with Crippen LogP contribution < -0.4 is 0 Å². The van der Waals surface area contributed by atoms with E-state index in [1.165, 1.54) is 0 Å². The molecule has 2 nitrogen and oxygen atoms in total. The van der Waals surface area contributed by atoms with E-state index in [0.717, 1.165) is 16.8 Å². The van der Waals surface area contributed by atoms with E-state index in [4.69, 9.17) is 11.6 Å². The average Bonchev–Trinajstić information content (AvgIpc) is 2.78. The molecule has 0 N–H and O–H groups in total. The van der Waals surface area contributed by atoms with E-state index in [9.17, 15) is 0 Å². The average molecular weight is 233 g/mol. The van der Waals surface area contributed by atoms with Crippen LogP contribution >= 0.6 is 11.6 Å². The third-order valence-corrected chi connectivity index (χ3v) is 2.67. The second kappa shape index (κ2) is 4.99. The van der Waals surface area contributed by atoms with E-state index in [1.807, 2.05) is 60.4 Å². The first-order valence-corrected chi connectivity index (χ1v) is 5.66. The zero-order chi connectivity index (χ0) is 11.4. The minimum Gasteiger partial charge on any atom is -0.240 e. The van der Waals surface area contributed by atoms with Crippen molar-refractivity contribution in [1.82, 2.24) is 9.78 Å². The van der Waals surface area contributed by atoms with Gasteiger partial charge < -0.3 is 0 Å². The third kappa shape index (κ3) is 2.52. The lowest BCUT2D eigenvalue weighted by atomic mass is 10.2. The van der Waals surface area contributed by atoms with Gasteiger partial charge in [-0.1, -0.05) is 29.8 Å². The Bertz CT molecular complexity index is 486. The largest absolute Gasteiger partial charge is 0.240 e. The van der Waals surface area contributed by atoms with Gasteiger partial charge in [-0.3, -0.25) is 0 Å². The van der Waals surface area contributed by atoms with Crippen LogP contribution in [0, 0.1) is 0 Å². The van der Waals surface area contributed by atoms with Crippen molar-refractivity contribution < 1.29 is 0 Å². The minimum absolute atomic E-state index is 0.552. The number of hydrogen-bond donors (Lipinski definition) is 0. The molecule has 2 aromatic rings. The molecule has 0 unspecified atom stereocenters. The number of allylic oxidation sites excluding steroid dienone is 1. The van der Waals surface area contributed by atoms with Gasteiger partial charge in [0.05, 0.1) is 11.9 Å². The molecule has 0 aliphatic heterocycles. The molecule has 0 bridgehead atoms.